The summed E-state index contributed by atoms with van der Waals surface area (Å²) in [5, 5.41) is 8.08. The van der Waals surface area contributed by atoms with E-state index in [-0.39, 0.29) is 36.2 Å². The van der Waals surface area contributed by atoms with Crippen molar-refractivity contribution in [2.75, 3.05) is 11.9 Å². The fraction of sp³-hybridized carbons (Fsp3) is 0.529. The van der Waals surface area contributed by atoms with Crippen molar-refractivity contribution in [3.05, 3.63) is 18.5 Å². The minimum Gasteiger partial charge on any atom is -0.339 e. The number of amides is 2. The van der Waals surface area contributed by atoms with Crippen molar-refractivity contribution in [1.29, 1.82) is 0 Å². The Balaban J connectivity index is 1.73. The van der Waals surface area contributed by atoms with E-state index in [0.29, 0.717) is 12.2 Å². The molecule has 0 unspecified atom stereocenters. The van der Waals surface area contributed by atoms with Crippen LogP contribution in [0.1, 0.15) is 40.2 Å². The van der Waals surface area contributed by atoms with Gasteiger partial charge in [0, 0.05) is 30.4 Å². The van der Waals surface area contributed by atoms with Gasteiger partial charge in [-0.15, -0.1) is 0 Å². The number of hydrogen-bond acceptors (Lipinski definition) is 4. The number of rotatable bonds is 4. The highest BCUT2D eigenvalue weighted by molar-refractivity contribution is 5.98. The zero-order chi connectivity index (χ0) is 17.4. The molecule has 1 N–H and O–H groups in total. The summed E-state index contributed by atoms with van der Waals surface area (Å²) in [6, 6.07) is 2.21. The third-order valence-corrected chi connectivity index (χ3v) is 4.34. The van der Waals surface area contributed by atoms with Crippen molar-refractivity contribution in [2.24, 2.45) is 5.92 Å². The van der Waals surface area contributed by atoms with Crippen LogP contribution in [-0.4, -0.2) is 44.1 Å². The van der Waals surface area contributed by atoms with Crippen LogP contribution >= 0.6 is 0 Å². The van der Waals surface area contributed by atoms with Crippen molar-refractivity contribution in [3.63, 3.8) is 0 Å². The molecule has 0 spiro atoms. The minimum absolute atomic E-state index is 0.0388. The molecule has 1 aliphatic rings. The number of fused-ring (bicyclic) bond motifs is 1. The first-order chi connectivity index (χ1) is 11.4. The fourth-order valence-electron chi connectivity index (χ4n) is 3.04. The maximum Gasteiger partial charge on any atom is 0.229 e. The van der Waals surface area contributed by atoms with E-state index in [9.17, 15) is 9.59 Å². The summed E-state index contributed by atoms with van der Waals surface area (Å²) in [5.74, 6) is -0.408. The summed E-state index contributed by atoms with van der Waals surface area (Å²) in [7, 11) is 0. The Morgan fingerprint density at radius 3 is 2.62 bits per heavy atom. The van der Waals surface area contributed by atoms with Crippen molar-refractivity contribution in [3.8, 4) is 0 Å². The van der Waals surface area contributed by atoms with Crippen molar-refractivity contribution < 1.29 is 9.59 Å². The lowest BCUT2D eigenvalue weighted by molar-refractivity contribution is -0.129. The molecule has 1 fully saturated rings. The number of nitrogens with zero attached hydrogens (tertiary/aromatic N) is 4. The maximum atomic E-state index is 12.4. The molecular weight excluding hydrogens is 306 g/mol. The number of pyridine rings is 1. The fourth-order valence-corrected chi connectivity index (χ4v) is 3.04. The van der Waals surface area contributed by atoms with Gasteiger partial charge in [-0.05, 0) is 33.8 Å². The van der Waals surface area contributed by atoms with Gasteiger partial charge < -0.3 is 10.2 Å². The number of nitrogens with one attached hydrogen (secondary N) is 1. The van der Waals surface area contributed by atoms with E-state index in [0.717, 1.165) is 11.0 Å². The van der Waals surface area contributed by atoms with Crippen molar-refractivity contribution in [1.82, 2.24) is 19.7 Å². The van der Waals surface area contributed by atoms with Gasteiger partial charge >= 0.3 is 0 Å². The second-order valence-corrected chi connectivity index (χ2v) is 6.85. The molecule has 1 saturated heterocycles. The average Bonchev–Trinajstić information content (AvgIpc) is 3.10. The zero-order valence-electron chi connectivity index (χ0n) is 14.5. The van der Waals surface area contributed by atoms with Gasteiger partial charge in [-0.25, -0.2) is 9.67 Å². The van der Waals surface area contributed by atoms with Gasteiger partial charge in [0.1, 0.15) is 0 Å². The normalized spacial score (nSPS) is 18.2. The molecule has 3 rings (SSSR count). The summed E-state index contributed by atoms with van der Waals surface area (Å²) in [6.07, 6.45) is 3.65. The molecule has 0 aromatic carbocycles. The molecule has 3 heterocycles. The lowest BCUT2D eigenvalue weighted by atomic mass is 10.1. The smallest absolute Gasteiger partial charge is 0.229 e. The average molecular weight is 329 g/mol. The predicted octanol–water partition coefficient (Wildman–Crippen LogP) is 2.21. The largest absolute Gasteiger partial charge is 0.339 e. The van der Waals surface area contributed by atoms with Crippen LogP contribution < -0.4 is 5.32 Å². The third kappa shape index (κ3) is 2.98. The van der Waals surface area contributed by atoms with Gasteiger partial charge in [0.2, 0.25) is 11.8 Å². The van der Waals surface area contributed by atoms with Crippen molar-refractivity contribution in [2.45, 2.75) is 46.2 Å². The summed E-state index contributed by atoms with van der Waals surface area (Å²) >= 11 is 0. The molecule has 7 nitrogen and oxygen atoms in total. The highest BCUT2D eigenvalue weighted by Crippen LogP contribution is 2.23. The molecule has 24 heavy (non-hydrogen) atoms. The quantitative estimate of drug-likeness (QED) is 0.932. The molecular formula is C17H23N5O2. The molecule has 2 aromatic rings. The van der Waals surface area contributed by atoms with E-state index in [1.807, 2.05) is 38.4 Å². The van der Waals surface area contributed by atoms with Gasteiger partial charge in [0.05, 0.1) is 24.0 Å². The van der Waals surface area contributed by atoms with Crippen LogP contribution in [0.5, 0.6) is 0 Å². The first kappa shape index (κ1) is 16.4. The van der Waals surface area contributed by atoms with Crippen molar-refractivity contribution >= 4 is 28.5 Å². The summed E-state index contributed by atoms with van der Waals surface area (Å²) in [4.78, 5) is 30.5. The SMILES string of the molecule is CC(C)N1C[C@@H](C(=O)Nc2cnc3c(cnn3C(C)C)c2)CC1=O. The molecule has 1 aliphatic heterocycles. The summed E-state index contributed by atoms with van der Waals surface area (Å²) in [5.41, 5.74) is 1.43. The van der Waals surface area contributed by atoms with Gasteiger partial charge in [-0.1, -0.05) is 0 Å². The Kier molecular flexibility index (Phi) is 4.26. The monoisotopic (exact) mass is 329 g/mol. The van der Waals surface area contributed by atoms with E-state index in [2.05, 4.69) is 15.4 Å². The van der Waals surface area contributed by atoms with Crippen LogP contribution in [0, 0.1) is 5.92 Å². The zero-order valence-corrected chi connectivity index (χ0v) is 14.5. The predicted molar refractivity (Wildman–Crippen MR) is 91.5 cm³/mol. The number of carbonyl (C=O) groups excluding carboxylic acids is 2. The number of anilines is 1. The highest BCUT2D eigenvalue weighted by atomic mass is 16.2. The van der Waals surface area contributed by atoms with E-state index in [4.69, 9.17) is 0 Å². The van der Waals surface area contributed by atoms with Crippen LogP contribution in [0.15, 0.2) is 18.5 Å². The number of carbonyl (C=O) groups is 2. The Hall–Kier alpha value is -2.44. The molecule has 2 aromatic heterocycles. The van der Waals surface area contributed by atoms with Crippen LogP contribution in [0.25, 0.3) is 11.0 Å². The Morgan fingerprint density at radius 1 is 1.25 bits per heavy atom. The molecule has 0 radical (unpaired) electrons. The first-order valence-corrected chi connectivity index (χ1v) is 8.30. The Labute approximate surface area is 141 Å². The van der Waals surface area contributed by atoms with E-state index >= 15 is 0 Å². The minimum atomic E-state index is -0.311. The molecule has 128 valence electrons. The second-order valence-electron chi connectivity index (χ2n) is 6.85. The molecule has 1 atom stereocenters. The van der Waals surface area contributed by atoms with Crippen LogP contribution in [0.4, 0.5) is 5.69 Å². The number of likely N-dealkylation sites (tertiary alicyclic amines) is 1. The highest BCUT2D eigenvalue weighted by Gasteiger charge is 2.35. The lowest BCUT2D eigenvalue weighted by Gasteiger charge is -2.20. The van der Waals surface area contributed by atoms with Crippen LogP contribution in [0.3, 0.4) is 0 Å². The second kappa shape index (κ2) is 6.22. The van der Waals surface area contributed by atoms with Crippen LogP contribution in [0.2, 0.25) is 0 Å². The molecule has 0 saturated carbocycles. The summed E-state index contributed by atoms with van der Waals surface area (Å²) in [6.45, 7) is 8.48. The standard InChI is InChI=1S/C17H23N5O2/c1-10(2)21-9-13(6-15(21)23)17(24)20-14-5-12-7-19-22(11(3)4)16(12)18-8-14/h5,7-8,10-11,13H,6,9H2,1-4H3,(H,20,24)/t13-/m0/s1. The van der Waals surface area contributed by atoms with Crippen LogP contribution in [-0.2, 0) is 9.59 Å². The molecule has 7 heteroatoms. The lowest BCUT2D eigenvalue weighted by Crippen LogP contribution is -2.33. The van der Waals surface area contributed by atoms with Gasteiger partial charge in [-0.2, -0.15) is 5.10 Å². The topological polar surface area (TPSA) is 80.1 Å². The molecule has 0 aliphatic carbocycles. The third-order valence-electron chi connectivity index (χ3n) is 4.34. The number of aromatic nitrogens is 3. The van der Waals surface area contributed by atoms with Gasteiger partial charge in [0.15, 0.2) is 5.65 Å². The molecule has 0 bridgehead atoms. The first-order valence-electron chi connectivity index (χ1n) is 8.30. The number of hydrogen-bond donors (Lipinski definition) is 1. The Bertz CT molecular complexity index is 780. The Morgan fingerprint density at radius 2 is 2.00 bits per heavy atom. The van der Waals surface area contributed by atoms with Gasteiger partial charge in [-0.3, -0.25) is 9.59 Å². The van der Waals surface area contributed by atoms with E-state index < -0.39 is 0 Å². The van der Waals surface area contributed by atoms with E-state index in [1.165, 1.54) is 0 Å². The molecule has 2 amide bonds. The summed E-state index contributed by atoms with van der Waals surface area (Å²) < 4.78 is 1.84. The maximum absolute atomic E-state index is 12.4. The van der Waals surface area contributed by atoms with E-state index in [1.54, 1.807) is 17.3 Å². The van der Waals surface area contributed by atoms with Gasteiger partial charge in [0.25, 0.3) is 0 Å².